The Morgan fingerprint density at radius 1 is 1.00 bits per heavy atom. The number of rotatable bonds is 7. The summed E-state index contributed by atoms with van der Waals surface area (Å²) < 4.78 is 1.93. The lowest BCUT2D eigenvalue weighted by atomic mass is 10.1. The molecule has 0 radical (unpaired) electrons. The van der Waals surface area contributed by atoms with Crippen LogP contribution in [0.3, 0.4) is 0 Å². The summed E-state index contributed by atoms with van der Waals surface area (Å²) >= 11 is 0. The fourth-order valence-corrected chi connectivity index (χ4v) is 3.56. The molecule has 3 heterocycles. The lowest BCUT2D eigenvalue weighted by Gasteiger charge is -2.35. The van der Waals surface area contributed by atoms with E-state index in [1.54, 1.807) is 0 Å². The molecule has 25 heavy (non-hydrogen) atoms. The quantitative estimate of drug-likeness (QED) is 0.718. The third-order valence-electron chi connectivity index (χ3n) is 5.23. The van der Waals surface area contributed by atoms with Crippen LogP contribution in [0.1, 0.15) is 44.9 Å². The van der Waals surface area contributed by atoms with E-state index in [4.69, 9.17) is 0 Å². The molecule has 8 nitrogen and oxygen atoms in total. The van der Waals surface area contributed by atoms with Gasteiger partial charge in [-0.05, 0) is 36.1 Å². The number of hydrogen-bond acceptors (Lipinski definition) is 6. The van der Waals surface area contributed by atoms with Crippen molar-refractivity contribution >= 4 is 5.91 Å². The predicted octanol–water partition coefficient (Wildman–Crippen LogP) is 0.603. The molecule has 140 valence electrons. The molecule has 3 rings (SSSR count). The molecule has 0 N–H and O–H groups in total. The molecule has 0 saturated carbocycles. The molecule has 0 aromatic carbocycles. The van der Waals surface area contributed by atoms with Gasteiger partial charge in [-0.25, -0.2) is 4.68 Å². The van der Waals surface area contributed by atoms with Crippen molar-refractivity contribution in [3.63, 3.8) is 0 Å². The number of aryl methyl sites for hydroxylation is 1. The van der Waals surface area contributed by atoms with Gasteiger partial charge in [-0.15, -0.1) is 5.10 Å². The first kappa shape index (κ1) is 18.3. The summed E-state index contributed by atoms with van der Waals surface area (Å²) in [5.41, 5.74) is 0. The third kappa shape index (κ3) is 5.22. The average Bonchev–Trinajstić information content (AvgIpc) is 3.09. The molecule has 0 spiro atoms. The summed E-state index contributed by atoms with van der Waals surface area (Å²) in [6.07, 6.45) is 5.83. The maximum atomic E-state index is 12.4. The van der Waals surface area contributed by atoms with E-state index in [0.717, 1.165) is 83.9 Å². The second-order valence-electron chi connectivity index (χ2n) is 7.17. The minimum atomic E-state index is 0.302. The standard InChI is InChI=1S/C17H31N7O/c1-2-3-9-24-16(18-19-20-24)14-21-10-12-22(13-11-21)15-17(25)23-7-5-4-6-8-23/h2-15H2,1H3. The summed E-state index contributed by atoms with van der Waals surface area (Å²) in [6, 6.07) is 0. The number of piperazine rings is 1. The van der Waals surface area contributed by atoms with Crippen molar-refractivity contribution in [3.05, 3.63) is 5.82 Å². The van der Waals surface area contributed by atoms with Crippen molar-refractivity contribution in [2.24, 2.45) is 0 Å². The van der Waals surface area contributed by atoms with Crippen LogP contribution in [0.5, 0.6) is 0 Å². The molecule has 2 fully saturated rings. The fraction of sp³-hybridized carbons (Fsp3) is 0.882. The van der Waals surface area contributed by atoms with Crippen molar-refractivity contribution < 1.29 is 4.79 Å². The van der Waals surface area contributed by atoms with Gasteiger partial charge in [-0.1, -0.05) is 13.3 Å². The van der Waals surface area contributed by atoms with Gasteiger partial charge in [0, 0.05) is 45.8 Å². The van der Waals surface area contributed by atoms with E-state index in [2.05, 4.69) is 32.2 Å². The first-order chi connectivity index (χ1) is 12.3. The first-order valence-corrected chi connectivity index (χ1v) is 9.74. The molecule has 2 saturated heterocycles. The van der Waals surface area contributed by atoms with E-state index in [9.17, 15) is 4.79 Å². The molecule has 1 aromatic rings. The number of likely N-dealkylation sites (tertiary alicyclic amines) is 1. The topological polar surface area (TPSA) is 70.4 Å². The molecular formula is C17H31N7O. The molecule has 0 unspecified atom stereocenters. The van der Waals surface area contributed by atoms with Crippen LogP contribution >= 0.6 is 0 Å². The molecule has 1 aromatic heterocycles. The summed E-state index contributed by atoms with van der Waals surface area (Å²) in [4.78, 5) is 19.1. The van der Waals surface area contributed by atoms with Crippen LogP contribution in [0.25, 0.3) is 0 Å². The highest BCUT2D eigenvalue weighted by Gasteiger charge is 2.23. The Labute approximate surface area is 150 Å². The zero-order valence-corrected chi connectivity index (χ0v) is 15.4. The molecule has 1 amide bonds. The Hall–Kier alpha value is -1.54. The summed E-state index contributed by atoms with van der Waals surface area (Å²) in [5, 5.41) is 12.1. The molecule has 2 aliphatic heterocycles. The number of piperidine rings is 1. The predicted molar refractivity (Wildman–Crippen MR) is 94.9 cm³/mol. The molecular weight excluding hydrogens is 318 g/mol. The van der Waals surface area contributed by atoms with Crippen LogP contribution < -0.4 is 0 Å². The van der Waals surface area contributed by atoms with E-state index in [1.807, 2.05) is 9.58 Å². The van der Waals surface area contributed by atoms with Gasteiger partial charge in [0.05, 0.1) is 13.1 Å². The monoisotopic (exact) mass is 349 g/mol. The number of carbonyl (C=O) groups excluding carboxylic acids is 1. The van der Waals surface area contributed by atoms with Crippen molar-refractivity contribution in [2.75, 3.05) is 45.8 Å². The van der Waals surface area contributed by atoms with Gasteiger partial charge in [0.2, 0.25) is 5.91 Å². The number of hydrogen-bond donors (Lipinski definition) is 0. The van der Waals surface area contributed by atoms with Gasteiger partial charge >= 0.3 is 0 Å². The van der Waals surface area contributed by atoms with Gasteiger partial charge < -0.3 is 4.90 Å². The SMILES string of the molecule is CCCCn1nnnc1CN1CCN(CC(=O)N2CCCCC2)CC1. The van der Waals surface area contributed by atoms with Gasteiger partial charge in [0.15, 0.2) is 5.82 Å². The second kappa shape index (κ2) is 9.24. The summed E-state index contributed by atoms with van der Waals surface area (Å²) in [6.45, 7) is 10.1. The Kier molecular flexibility index (Phi) is 6.75. The normalized spacial score (nSPS) is 20.1. The number of unbranched alkanes of at least 4 members (excludes halogenated alkanes) is 1. The Bertz CT molecular complexity index is 533. The smallest absolute Gasteiger partial charge is 0.236 e. The summed E-state index contributed by atoms with van der Waals surface area (Å²) in [7, 11) is 0. The van der Waals surface area contributed by atoms with E-state index in [1.165, 1.54) is 6.42 Å². The minimum Gasteiger partial charge on any atom is -0.342 e. The molecule has 0 bridgehead atoms. The van der Waals surface area contributed by atoms with Gasteiger partial charge in [0.25, 0.3) is 0 Å². The molecule has 0 atom stereocenters. The zero-order chi connectivity index (χ0) is 17.5. The highest BCUT2D eigenvalue weighted by molar-refractivity contribution is 5.78. The van der Waals surface area contributed by atoms with Crippen LogP contribution in [0.2, 0.25) is 0 Å². The highest BCUT2D eigenvalue weighted by Crippen LogP contribution is 2.11. The summed E-state index contributed by atoms with van der Waals surface area (Å²) in [5.74, 6) is 1.25. The largest absolute Gasteiger partial charge is 0.342 e. The van der Waals surface area contributed by atoms with Crippen LogP contribution in [-0.4, -0.2) is 86.6 Å². The number of carbonyl (C=O) groups is 1. The number of aromatic nitrogens is 4. The van der Waals surface area contributed by atoms with Crippen LogP contribution in [0.4, 0.5) is 0 Å². The number of tetrazole rings is 1. The highest BCUT2D eigenvalue weighted by atomic mass is 16.2. The second-order valence-corrected chi connectivity index (χ2v) is 7.17. The Morgan fingerprint density at radius 3 is 2.44 bits per heavy atom. The number of nitrogens with zero attached hydrogens (tertiary/aromatic N) is 7. The molecule has 0 aliphatic carbocycles. The van der Waals surface area contributed by atoms with Crippen LogP contribution in [0.15, 0.2) is 0 Å². The van der Waals surface area contributed by atoms with Crippen molar-refractivity contribution in [1.29, 1.82) is 0 Å². The van der Waals surface area contributed by atoms with Crippen molar-refractivity contribution in [2.45, 2.75) is 52.1 Å². The lowest BCUT2D eigenvalue weighted by Crippen LogP contribution is -2.50. The minimum absolute atomic E-state index is 0.302. The van der Waals surface area contributed by atoms with Crippen LogP contribution in [-0.2, 0) is 17.9 Å². The Morgan fingerprint density at radius 2 is 1.72 bits per heavy atom. The van der Waals surface area contributed by atoms with E-state index in [0.29, 0.717) is 12.5 Å². The van der Waals surface area contributed by atoms with E-state index < -0.39 is 0 Å². The molecule has 8 heteroatoms. The van der Waals surface area contributed by atoms with Gasteiger partial charge in [0.1, 0.15) is 0 Å². The molecule has 2 aliphatic rings. The average molecular weight is 349 g/mol. The van der Waals surface area contributed by atoms with Crippen molar-refractivity contribution in [3.8, 4) is 0 Å². The van der Waals surface area contributed by atoms with Crippen molar-refractivity contribution in [1.82, 2.24) is 34.9 Å². The lowest BCUT2D eigenvalue weighted by molar-refractivity contribution is -0.133. The maximum Gasteiger partial charge on any atom is 0.236 e. The van der Waals surface area contributed by atoms with Crippen LogP contribution in [0, 0.1) is 0 Å². The zero-order valence-electron chi connectivity index (χ0n) is 15.4. The van der Waals surface area contributed by atoms with Gasteiger partial charge in [-0.3, -0.25) is 14.6 Å². The third-order valence-corrected chi connectivity index (χ3v) is 5.23. The first-order valence-electron chi connectivity index (χ1n) is 9.74. The Balaban J connectivity index is 1.41. The maximum absolute atomic E-state index is 12.4. The number of amides is 1. The van der Waals surface area contributed by atoms with E-state index >= 15 is 0 Å². The fourth-order valence-electron chi connectivity index (χ4n) is 3.56. The van der Waals surface area contributed by atoms with E-state index in [-0.39, 0.29) is 0 Å². The van der Waals surface area contributed by atoms with Gasteiger partial charge in [-0.2, -0.15) is 0 Å².